The number of piperidine rings is 1. The lowest BCUT2D eigenvalue weighted by Gasteiger charge is -2.39. The van der Waals surface area contributed by atoms with Gasteiger partial charge >= 0.3 is 0 Å². The molecule has 4 amide bonds. The monoisotopic (exact) mass is 520 g/mol. The van der Waals surface area contributed by atoms with Gasteiger partial charge in [0.05, 0.1) is 6.04 Å². The van der Waals surface area contributed by atoms with Crippen molar-refractivity contribution in [2.24, 2.45) is 11.3 Å². The van der Waals surface area contributed by atoms with E-state index in [1.54, 1.807) is 27.8 Å². The fraction of sp³-hybridized carbons (Fsp3) is 0.556. The third-order valence-corrected chi connectivity index (χ3v) is 8.44. The fourth-order valence-corrected chi connectivity index (χ4v) is 5.73. The van der Waals surface area contributed by atoms with E-state index < -0.39 is 35.6 Å². The van der Waals surface area contributed by atoms with E-state index in [1.807, 2.05) is 12.1 Å². The van der Waals surface area contributed by atoms with E-state index in [-0.39, 0.29) is 35.4 Å². The number of pyridine rings is 1. The van der Waals surface area contributed by atoms with Crippen molar-refractivity contribution in [1.29, 1.82) is 0 Å². The van der Waals surface area contributed by atoms with E-state index in [1.165, 1.54) is 0 Å². The molecule has 2 saturated heterocycles. The van der Waals surface area contributed by atoms with Gasteiger partial charge < -0.3 is 25.3 Å². The van der Waals surface area contributed by atoms with Gasteiger partial charge in [0.15, 0.2) is 0 Å². The second-order valence-corrected chi connectivity index (χ2v) is 11.2. The first-order chi connectivity index (χ1) is 18.3. The molecule has 200 valence electrons. The number of aromatic nitrogens is 2. The van der Waals surface area contributed by atoms with Crippen molar-refractivity contribution in [1.82, 2.24) is 30.2 Å². The molecule has 0 aromatic carbocycles. The Labute approximate surface area is 219 Å². The summed E-state index contributed by atoms with van der Waals surface area (Å²) >= 11 is 0. The summed E-state index contributed by atoms with van der Waals surface area (Å²) in [7, 11) is 0. The summed E-state index contributed by atoms with van der Waals surface area (Å²) in [5, 5.41) is 8.23. The van der Waals surface area contributed by atoms with Crippen LogP contribution in [0.5, 0.6) is 0 Å². The number of likely N-dealkylation sites (tertiary alicyclic amines) is 1. The SMILES string of the molecule is O=C(NC1CC1)C(=O)C(CC1CCNC1=O)NC(=O)C1CC2(CCN1C(=O)c1cn3ccccc3n1)CC2. The normalized spacial score (nSPS) is 24.6. The molecule has 2 aromatic heterocycles. The van der Waals surface area contributed by atoms with Crippen LogP contribution in [0.2, 0.25) is 0 Å². The lowest BCUT2D eigenvalue weighted by atomic mass is 9.86. The molecule has 38 heavy (non-hydrogen) atoms. The van der Waals surface area contributed by atoms with E-state index in [2.05, 4.69) is 20.9 Å². The highest BCUT2D eigenvalue weighted by Gasteiger charge is 2.51. The molecule has 3 unspecified atom stereocenters. The second-order valence-electron chi connectivity index (χ2n) is 11.2. The standard InChI is InChI=1S/C27H32N6O5/c34-22(25(37)29-17-4-5-17)18(13-16-6-10-28-23(16)35)31-24(36)20-14-27(7-8-27)9-12-33(20)26(38)19-15-32-11-2-1-3-21(32)30-19/h1-3,11,15-18,20H,4-10,12-14H2,(H,28,35)(H,29,37)(H,31,36). The number of carbonyl (C=O) groups excluding carboxylic acids is 5. The van der Waals surface area contributed by atoms with Crippen LogP contribution in [0.15, 0.2) is 30.6 Å². The minimum atomic E-state index is -1.14. The van der Waals surface area contributed by atoms with Crippen molar-refractivity contribution in [2.45, 2.75) is 69.5 Å². The van der Waals surface area contributed by atoms with Crippen molar-refractivity contribution in [3.63, 3.8) is 0 Å². The third-order valence-electron chi connectivity index (χ3n) is 8.44. The maximum absolute atomic E-state index is 13.7. The number of hydrogen-bond acceptors (Lipinski definition) is 6. The van der Waals surface area contributed by atoms with Gasteiger partial charge in [0.2, 0.25) is 17.6 Å². The molecular weight excluding hydrogens is 488 g/mol. The zero-order chi connectivity index (χ0) is 26.4. The Morgan fingerprint density at radius 1 is 1.13 bits per heavy atom. The highest BCUT2D eigenvalue weighted by molar-refractivity contribution is 6.38. The first-order valence-electron chi connectivity index (χ1n) is 13.5. The Balaban J connectivity index is 1.23. The molecule has 1 spiro atoms. The van der Waals surface area contributed by atoms with Gasteiger partial charge in [-0.25, -0.2) is 4.98 Å². The summed E-state index contributed by atoms with van der Waals surface area (Å²) in [5.74, 6) is -2.94. The Morgan fingerprint density at radius 3 is 2.63 bits per heavy atom. The minimum absolute atomic E-state index is 0.0100. The average molecular weight is 521 g/mol. The van der Waals surface area contributed by atoms with Gasteiger partial charge in [-0.05, 0) is 68.9 Å². The van der Waals surface area contributed by atoms with Crippen LogP contribution in [0.4, 0.5) is 0 Å². The van der Waals surface area contributed by atoms with Gasteiger partial charge in [-0.1, -0.05) is 6.07 Å². The van der Waals surface area contributed by atoms with Crippen LogP contribution >= 0.6 is 0 Å². The highest BCUT2D eigenvalue weighted by Crippen LogP contribution is 2.55. The Kier molecular flexibility index (Phi) is 6.16. The zero-order valence-electron chi connectivity index (χ0n) is 21.2. The summed E-state index contributed by atoms with van der Waals surface area (Å²) in [6.45, 7) is 0.912. The van der Waals surface area contributed by atoms with E-state index in [4.69, 9.17) is 0 Å². The summed E-state index contributed by atoms with van der Waals surface area (Å²) in [6.07, 6.45) is 9.00. The molecule has 0 bridgehead atoms. The maximum atomic E-state index is 13.7. The Hall–Kier alpha value is -3.76. The minimum Gasteiger partial charge on any atom is -0.356 e. The van der Waals surface area contributed by atoms with Gasteiger partial charge in [0.1, 0.15) is 17.4 Å². The lowest BCUT2D eigenvalue weighted by Crippen LogP contribution is -2.58. The van der Waals surface area contributed by atoms with E-state index in [9.17, 15) is 24.0 Å². The van der Waals surface area contributed by atoms with Crippen LogP contribution in [0.25, 0.3) is 5.65 Å². The van der Waals surface area contributed by atoms with Crippen molar-refractivity contribution in [2.75, 3.05) is 13.1 Å². The number of fused-ring (bicyclic) bond motifs is 1. The van der Waals surface area contributed by atoms with Crippen molar-refractivity contribution >= 4 is 35.1 Å². The van der Waals surface area contributed by atoms with Crippen LogP contribution in [-0.2, 0) is 19.2 Å². The lowest BCUT2D eigenvalue weighted by molar-refractivity contribution is -0.141. The smallest absolute Gasteiger partial charge is 0.289 e. The third kappa shape index (κ3) is 4.89. The zero-order valence-corrected chi connectivity index (χ0v) is 21.2. The van der Waals surface area contributed by atoms with Crippen LogP contribution in [0.3, 0.4) is 0 Å². The second kappa shape index (κ2) is 9.52. The van der Waals surface area contributed by atoms with Crippen LogP contribution in [-0.4, -0.2) is 74.9 Å². The topological polar surface area (TPSA) is 142 Å². The number of Topliss-reactive ketones (excluding diaryl/α,β-unsaturated/α-hetero) is 1. The van der Waals surface area contributed by atoms with Gasteiger partial charge in [-0.3, -0.25) is 24.0 Å². The molecule has 11 heteroatoms. The summed E-state index contributed by atoms with van der Waals surface area (Å²) in [5.41, 5.74) is 0.917. The highest BCUT2D eigenvalue weighted by atomic mass is 16.2. The molecule has 4 fully saturated rings. The summed E-state index contributed by atoms with van der Waals surface area (Å²) in [6, 6.07) is 3.55. The molecule has 2 aliphatic carbocycles. The summed E-state index contributed by atoms with van der Waals surface area (Å²) < 4.78 is 1.76. The number of imidazole rings is 1. The molecular formula is C27H32N6O5. The van der Waals surface area contributed by atoms with Crippen LogP contribution in [0.1, 0.15) is 61.9 Å². The van der Waals surface area contributed by atoms with E-state index in [0.717, 1.165) is 32.1 Å². The first kappa shape index (κ1) is 24.6. The largest absolute Gasteiger partial charge is 0.356 e. The van der Waals surface area contributed by atoms with E-state index in [0.29, 0.717) is 31.6 Å². The maximum Gasteiger partial charge on any atom is 0.289 e. The quantitative estimate of drug-likeness (QED) is 0.435. The van der Waals surface area contributed by atoms with Gasteiger partial charge in [0.25, 0.3) is 11.8 Å². The predicted octanol–water partition coefficient (Wildman–Crippen LogP) is 0.578. The molecule has 3 atom stereocenters. The molecule has 3 N–H and O–H groups in total. The molecule has 2 aromatic rings. The Bertz CT molecular complexity index is 1280. The van der Waals surface area contributed by atoms with Crippen LogP contribution in [0, 0.1) is 11.3 Å². The summed E-state index contributed by atoms with van der Waals surface area (Å²) in [4.78, 5) is 71.3. The van der Waals surface area contributed by atoms with Crippen LogP contribution < -0.4 is 16.0 Å². The fourth-order valence-electron chi connectivity index (χ4n) is 5.73. The number of nitrogens with zero attached hydrogens (tertiary/aromatic N) is 3. The first-order valence-corrected chi connectivity index (χ1v) is 13.5. The van der Waals surface area contributed by atoms with Gasteiger partial charge in [-0.2, -0.15) is 0 Å². The average Bonchev–Trinajstić information content (AvgIpc) is 3.80. The molecule has 2 saturated carbocycles. The molecule has 2 aliphatic heterocycles. The number of amides is 4. The number of nitrogens with one attached hydrogen (secondary N) is 3. The number of ketones is 1. The molecule has 11 nitrogen and oxygen atoms in total. The van der Waals surface area contributed by atoms with Gasteiger partial charge in [-0.15, -0.1) is 0 Å². The molecule has 0 radical (unpaired) electrons. The van der Waals surface area contributed by atoms with Gasteiger partial charge in [0, 0.05) is 37.4 Å². The molecule has 4 heterocycles. The number of rotatable bonds is 8. The van der Waals surface area contributed by atoms with E-state index >= 15 is 0 Å². The van der Waals surface area contributed by atoms with Crippen molar-refractivity contribution in [3.8, 4) is 0 Å². The Morgan fingerprint density at radius 2 is 1.95 bits per heavy atom. The molecule has 4 aliphatic rings. The van der Waals surface area contributed by atoms with Crippen molar-refractivity contribution in [3.05, 3.63) is 36.3 Å². The predicted molar refractivity (Wildman–Crippen MR) is 135 cm³/mol. The van der Waals surface area contributed by atoms with Crippen molar-refractivity contribution < 1.29 is 24.0 Å². The number of hydrogen-bond donors (Lipinski definition) is 3. The molecule has 6 rings (SSSR count). The number of carbonyl (C=O) groups is 5.